The van der Waals surface area contributed by atoms with Gasteiger partial charge in [0, 0.05) is 24.7 Å². The molecule has 2 heterocycles. The van der Waals surface area contributed by atoms with Gasteiger partial charge in [-0.3, -0.25) is 4.79 Å². The van der Waals surface area contributed by atoms with Crippen LogP contribution in [0.1, 0.15) is 30.9 Å². The van der Waals surface area contributed by atoms with Crippen molar-refractivity contribution >= 4 is 5.91 Å². The van der Waals surface area contributed by atoms with Crippen LogP contribution < -0.4 is 4.74 Å². The molecule has 4 rings (SSSR count). The van der Waals surface area contributed by atoms with Crippen LogP contribution in [0.2, 0.25) is 0 Å². The maximum Gasteiger partial charge on any atom is 0.226 e. The lowest BCUT2D eigenvalue weighted by Crippen LogP contribution is -2.52. The summed E-state index contributed by atoms with van der Waals surface area (Å²) in [7, 11) is 0. The van der Waals surface area contributed by atoms with Crippen LogP contribution in [0.5, 0.6) is 5.88 Å². The van der Waals surface area contributed by atoms with Gasteiger partial charge in [0.15, 0.2) is 0 Å². The van der Waals surface area contributed by atoms with Gasteiger partial charge in [0.2, 0.25) is 11.8 Å². The van der Waals surface area contributed by atoms with E-state index in [1.165, 1.54) is 0 Å². The van der Waals surface area contributed by atoms with Crippen molar-refractivity contribution in [2.24, 2.45) is 5.92 Å². The molecule has 1 aromatic carbocycles. The van der Waals surface area contributed by atoms with Gasteiger partial charge in [-0.15, -0.1) is 0 Å². The molecule has 2 aromatic rings. The summed E-state index contributed by atoms with van der Waals surface area (Å²) in [6, 6.07) is 15.6. The van der Waals surface area contributed by atoms with Gasteiger partial charge in [-0.25, -0.2) is 4.98 Å². The van der Waals surface area contributed by atoms with Crippen molar-refractivity contribution in [1.82, 2.24) is 9.88 Å². The molecule has 1 saturated heterocycles. The Morgan fingerprint density at radius 2 is 1.96 bits per heavy atom. The zero-order valence-electron chi connectivity index (χ0n) is 14.8. The standard InChI is InChI=1S/C21H24N2O3/c24-21(17-9-6-10-17)23-13-14-25-18(15-26-19-11-4-5-12-22-19)20(23)16-7-2-1-3-8-16/h1-5,7-8,11-12,17-18,20H,6,9-10,13-15H2/t18-,20-/m0/s1. The summed E-state index contributed by atoms with van der Waals surface area (Å²) in [6.45, 7) is 1.54. The predicted octanol–water partition coefficient (Wildman–Crippen LogP) is 3.23. The first kappa shape index (κ1) is 17.0. The minimum Gasteiger partial charge on any atom is -0.475 e. The molecule has 0 spiro atoms. The SMILES string of the molecule is O=C(C1CCC1)N1CCO[C@@H](COc2ccccn2)[C@@H]1c1ccccc1. The first-order valence-electron chi connectivity index (χ1n) is 9.34. The van der Waals surface area contributed by atoms with E-state index in [0.717, 1.165) is 24.8 Å². The van der Waals surface area contributed by atoms with E-state index in [0.29, 0.717) is 25.6 Å². The maximum absolute atomic E-state index is 13.0. The lowest BCUT2D eigenvalue weighted by molar-refractivity contribution is -0.156. The van der Waals surface area contributed by atoms with Gasteiger partial charge in [-0.2, -0.15) is 0 Å². The molecule has 1 amide bonds. The minimum absolute atomic E-state index is 0.123. The number of hydrogen-bond donors (Lipinski definition) is 0. The highest BCUT2D eigenvalue weighted by Crippen LogP contribution is 2.35. The Labute approximate surface area is 153 Å². The Morgan fingerprint density at radius 3 is 2.65 bits per heavy atom. The van der Waals surface area contributed by atoms with Gasteiger partial charge in [0.1, 0.15) is 12.7 Å². The molecular weight excluding hydrogens is 328 g/mol. The largest absolute Gasteiger partial charge is 0.475 e. The molecule has 1 aromatic heterocycles. The summed E-state index contributed by atoms with van der Waals surface area (Å²) in [6.07, 6.45) is 4.66. The quantitative estimate of drug-likeness (QED) is 0.829. The van der Waals surface area contributed by atoms with Gasteiger partial charge in [-0.1, -0.05) is 42.8 Å². The molecule has 1 saturated carbocycles. The van der Waals surface area contributed by atoms with Crippen LogP contribution in [-0.4, -0.2) is 41.7 Å². The van der Waals surface area contributed by atoms with E-state index >= 15 is 0 Å². The Hall–Kier alpha value is -2.40. The summed E-state index contributed by atoms with van der Waals surface area (Å²) in [5, 5.41) is 0. The average molecular weight is 352 g/mol. The van der Waals surface area contributed by atoms with E-state index in [-0.39, 0.29) is 24.0 Å². The highest BCUT2D eigenvalue weighted by molar-refractivity contribution is 5.80. The number of rotatable bonds is 5. The van der Waals surface area contributed by atoms with Crippen molar-refractivity contribution < 1.29 is 14.3 Å². The van der Waals surface area contributed by atoms with E-state index in [4.69, 9.17) is 9.47 Å². The lowest BCUT2D eigenvalue weighted by atomic mass is 9.83. The van der Waals surface area contributed by atoms with Crippen molar-refractivity contribution in [1.29, 1.82) is 0 Å². The molecule has 0 radical (unpaired) electrons. The van der Waals surface area contributed by atoms with Crippen LogP contribution >= 0.6 is 0 Å². The molecule has 0 N–H and O–H groups in total. The van der Waals surface area contributed by atoms with Crippen LogP contribution in [-0.2, 0) is 9.53 Å². The van der Waals surface area contributed by atoms with E-state index in [1.807, 2.05) is 41.3 Å². The second-order valence-corrected chi connectivity index (χ2v) is 6.90. The summed E-state index contributed by atoms with van der Waals surface area (Å²) < 4.78 is 11.9. The number of aromatic nitrogens is 1. The van der Waals surface area contributed by atoms with Crippen LogP contribution in [0.4, 0.5) is 0 Å². The lowest BCUT2D eigenvalue weighted by Gasteiger charge is -2.43. The number of nitrogens with zero attached hydrogens (tertiary/aromatic N) is 2. The third kappa shape index (κ3) is 3.58. The van der Waals surface area contributed by atoms with Gasteiger partial charge in [-0.05, 0) is 24.5 Å². The van der Waals surface area contributed by atoms with Crippen LogP contribution in [0, 0.1) is 5.92 Å². The molecule has 5 nitrogen and oxygen atoms in total. The fourth-order valence-corrected chi connectivity index (χ4v) is 3.65. The van der Waals surface area contributed by atoms with Crippen molar-refractivity contribution in [3.63, 3.8) is 0 Å². The molecule has 2 atom stereocenters. The molecule has 5 heteroatoms. The van der Waals surface area contributed by atoms with Gasteiger partial charge in [0.25, 0.3) is 0 Å². The molecule has 1 aliphatic carbocycles. The molecule has 0 bridgehead atoms. The average Bonchev–Trinajstić information content (AvgIpc) is 2.66. The third-order valence-corrected chi connectivity index (χ3v) is 5.26. The molecule has 136 valence electrons. The van der Waals surface area contributed by atoms with Crippen LogP contribution in [0.25, 0.3) is 0 Å². The Balaban J connectivity index is 1.55. The van der Waals surface area contributed by atoms with E-state index in [1.54, 1.807) is 6.20 Å². The van der Waals surface area contributed by atoms with Crippen LogP contribution in [0.3, 0.4) is 0 Å². The first-order valence-corrected chi connectivity index (χ1v) is 9.34. The zero-order chi connectivity index (χ0) is 17.8. The molecule has 2 aliphatic rings. The van der Waals surface area contributed by atoms with Gasteiger partial charge < -0.3 is 14.4 Å². The zero-order valence-corrected chi connectivity index (χ0v) is 14.8. The van der Waals surface area contributed by atoms with Gasteiger partial charge >= 0.3 is 0 Å². The summed E-state index contributed by atoms with van der Waals surface area (Å²) in [5.41, 5.74) is 1.09. The van der Waals surface area contributed by atoms with Gasteiger partial charge in [0.05, 0.1) is 12.6 Å². The number of carbonyl (C=O) groups excluding carboxylic acids is 1. The number of ether oxygens (including phenoxy) is 2. The number of carbonyl (C=O) groups is 1. The first-order chi connectivity index (χ1) is 12.8. The summed E-state index contributed by atoms with van der Waals surface area (Å²) in [5.74, 6) is 1.01. The van der Waals surface area contributed by atoms with E-state index < -0.39 is 0 Å². The number of morpholine rings is 1. The summed E-state index contributed by atoms with van der Waals surface area (Å²) >= 11 is 0. The van der Waals surface area contributed by atoms with Crippen molar-refractivity contribution in [3.8, 4) is 5.88 Å². The van der Waals surface area contributed by atoms with Crippen molar-refractivity contribution in [2.45, 2.75) is 31.4 Å². The van der Waals surface area contributed by atoms with Crippen molar-refractivity contribution in [3.05, 3.63) is 60.3 Å². The smallest absolute Gasteiger partial charge is 0.226 e. The topological polar surface area (TPSA) is 51.7 Å². The molecule has 2 fully saturated rings. The molecular formula is C21H24N2O3. The van der Waals surface area contributed by atoms with Crippen molar-refractivity contribution in [2.75, 3.05) is 19.8 Å². The van der Waals surface area contributed by atoms with E-state index in [2.05, 4.69) is 17.1 Å². The molecule has 26 heavy (non-hydrogen) atoms. The number of hydrogen-bond acceptors (Lipinski definition) is 4. The monoisotopic (exact) mass is 352 g/mol. The second-order valence-electron chi connectivity index (χ2n) is 6.90. The highest BCUT2D eigenvalue weighted by atomic mass is 16.5. The number of benzene rings is 1. The fraction of sp³-hybridized carbons (Fsp3) is 0.429. The predicted molar refractivity (Wildman–Crippen MR) is 97.7 cm³/mol. The van der Waals surface area contributed by atoms with E-state index in [9.17, 15) is 4.79 Å². The Morgan fingerprint density at radius 1 is 1.15 bits per heavy atom. The maximum atomic E-state index is 13.0. The third-order valence-electron chi connectivity index (χ3n) is 5.26. The fourth-order valence-electron chi connectivity index (χ4n) is 3.65. The normalized spacial score (nSPS) is 23.3. The van der Waals surface area contributed by atoms with Crippen LogP contribution in [0.15, 0.2) is 54.7 Å². The Bertz CT molecular complexity index is 719. The molecule has 0 unspecified atom stereocenters. The summed E-state index contributed by atoms with van der Waals surface area (Å²) in [4.78, 5) is 19.2. The number of amides is 1. The highest BCUT2D eigenvalue weighted by Gasteiger charge is 2.40. The molecule has 1 aliphatic heterocycles. The minimum atomic E-state index is -0.211. The number of pyridine rings is 1. The second kappa shape index (κ2) is 7.87. The Kier molecular flexibility index (Phi) is 5.16.